The molecule has 0 aliphatic heterocycles. The number of nitrogens with zero attached hydrogens (tertiary/aromatic N) is 2. The second-order valence-corrected chi connectivity index (χ2v) is 2.70. The number of H-pyrrole nitrogens is 1. The molecular weight excluding hydrogens is 178 g/mol. The lowest BCUT2D eigenvalue weighted by atomic mass is 10.2. The van der Waals surface area contributed by atoms with E-state index in [1.807, 2.05) is 0 Å². The van der Waals surface area contributed by atoms with E-state index in [2.05, 4.69) is 15.0 Å². The van der Waals surface area contributed by atoms with E-state index in [0.717, 1.165) is 0 Å². The van der Waals surface area contributed by atoms with Gasteiger partial charge in [-0.15, -0.1) is 0 Å². The molecule has 2 aromatic heterocycles. The van der Waals surface area contributed by atoms with Crippen LogP contribution in [-0.4, -0.2) is 15.0 Å². The van der Waals surface area contributed by atoms with Crippen molar-refractivity contribution < 1.29 is 9.60 Å². The quantitative estimate of drug-likeness (QED) is 0.750. The van der Waals surface area contributed by atoms with Crippen LogP contribution < -0.4 is 5.56 Å². The van der Waals surface area contributed by atoms with Gasteiger partial charge in [0.1, 0.15) is 11.5 Å². The zero-order chi connectivity index (χ0) is 16.1. The minimum atomic E-state index is -3.17. The molecule has 0 unspecified atom stereocenters. The lowest BCUT2D eigenvalue weighted by Crippen LogP contribution is -2.06. The lowest BCUT2D eigenvalue weighted by molar-refractivity contribution is 0.780. The molecule has 72 valence electrons. The van der Waals surface area contributed by atoms with E-state index in [1.54, 1.807) is 0 Å². The van der Waals surface area contributed by atoms with Crippen LogP contribution in [0.5, 0.6) is 0 Å². The molecule has 0 aliphatic rings. The number of aromatic nitrogens is 3. The van der Waals surface area contributed by atoms with Gasteiger partial charge in [0, 0.05) is 33.1 Å². The maximum atomic E-state index is 11.3. The first-order chi connectivity index (χ1) is 9.47. The summed E-state index contributed by atoms with van der Waals surface area (Å²) in [5.41, 5.74) is -0.497. The number of nitrogens with one attached hydrogen (secondary N) is 1. The highest BCUT2D eigenvalue weighted by Crippen LogP contribution is 2.11. The Morgan fingerprint density at radius 3 is 3.21 bits per heavy atom. The summed E-state index contributed by atoms with van der Waals surface area (Å²) in [6.07, 6.45) is 1.17. The van der Waals surface area contributed by atoms with Crippen LogP contribution in [0.25, 0.3) is 11.0 Å². The summed E-state index contributed by atoms with van der Waals surface area (Å²) in [6, 6.07) is 2.64. The van der Waals surface area contributed by atoms with Crippen LogP contribution in [0.3, 0.4) is 0 Å². The molecule has 0 aromatic carbocycles. The van der Waals surface area contributed by atoms with Crippen molar-refractivity contribution in [3.05, 3.63) is 34.5 Å². The highest BCUT2D eigenvalue weighted by Gasteiger charge is 2.03. The molecule has 0 saturated carbocycles. The van der Waals surface area contributed by atoms with Crippen LogP contribution in [0.2, 0.25) is 0 Å². The van der Waals surface area contributed by atoms with Crippen LogP contribution in [0.15, 0.2) is 23.1 Å². The Morgan fingerprint density at radius 2 is 2.43 bits per heavy atom. The summed E-state index contributed by atoms with van der Waals surface area (Å²) >= 11 is 0. The molecule has 0 bridgehead atoms. The van der Waals surface area contributed by atoms with Crippen molar-refractivity contribution in [3.63, 3.8) is 0 Å². The summed E-state index contributed by atoms with van der Waals surface area (Å²) in [4.78, 5) is 21.1. The van der Waals surface area contributed by atoms with Crippen molar-refractivity contribution in [2.45, 2.75) is 19.6 Å². The first-order valence-corrected chi connectivity index (χ1v) is 3.83. The van der Waals surface area contributed by atoms with Crippen LogP contribution in [0, 0.1) is 0 Å². The van der Waals surface area contributed by atoms with Crippen LogP contribution in [0.4, 0.5) is 0 Å². The third kappa shape index (κ3) is 1.51. The van der Waals surface area contributed by atoms with E-state index in [1.165, 1.54) is 18.3 Å². The molecule has 0 amide bonds. The molecule has 4 nitrogen and oxygen atoms in total. The summed E-state index contributed by atoms with van der Waals surface area (Å²) in [5.74, 6) is -3.67. The summed E-state index contributed by atoms with van der Waals surface area (Å²) < 4.78 is 52.1. The van der Waals surface area contributed by atoms with Gasteiger partial charge in [-0.1, -0.05) is 13.7 Å². The van der Waals surface area contributed by atoms with Crippen molar-refractivity contribution in [2.24, 2.45) is 0 Å². The zero-order valence-corrected chi connectivity index (χ0v) is 7.03. The molecule has 2 heterocycles. The molecular formula is C10H11N3O. The monoisotopic (exact) mass is 196 g/mol. The predicted octanol–water partition coefficient (Wildman–Crippen LogP) is 1.44. The smallest absolute Gasteiger partial charge is 0.249 e. The number of aromatic amines is 1. The Hall–Kier alpha value is -1.71. The fraction of sp³-hybridized carbons (Fsp3) is 0.300. The minimum absolute atomic E-state index is 0.0161. The van der Waals surface area contributed by atoms with Crippen molar-refractivity contribution in [1.82, 2.24) is 15.0 Å². The Kier molecular flexibility index (Phi) is 0.873. The van der Waals surface area contributed by atoms with Gasteiger partial charge in [-0.05, 0) is 6.07 Å². The van der Waals surface area contributed by atoms with Crippen molar-refractivity contribution in [2.75, 3.05) is 0 Å². The Labute approximate surface area is 90.9 Å². The normalized spacial score (nSPS) is 21.0. The molecule has 0 radical (unpaired) electrons. The first kappa shape index (κ1) is 3.81. The van der Waals surface area contributed by atoms with Gasteiger partial charge in [0.15, 0.2) is 0 Å². The fourth-order valence-electron chi connectivity index (χ4n) is 1.06. The van der Waals surface area contributed by atoms with Gasteiger partial charge in [0.2, 0.25) is 5.56 Å². The maximum absolute atomic E-state index is 11.3. The molecule has 0 spiro atoms. The molecule has 0 fully saturated rings. The van der Waals surface area contributed by atoms with Crippen LogP contribution >= 0.6 is 0 Å². The number of hydrogen-bond donors (Lipinski definition) is 1. The Bertz CT molecular complexity index is 720. The summed E-state index contributed by atoms with van der Waals surface area (Å²) in [6.45, 7) is -6.33. The molecule has 2 rings (SSSR count). The van der Waals surface area contributed by atoms with Crippen LogP contribution in [0.1, 0.15) is 35.0 Å². The predicted molar refractivity (Wildman–Crippen MR) is 54.2 cm³/mol. The molecule has 0 atom stereocenters. The largest absolute Gasteiger partial charge is 0.306 e. The fourth-order valence-corrected chi connectivity index (χ4v) is 1.06. The van der Waals surface area contributed by atoms with Crippen molar-refractivity contribution in [3.8, 4) is 0 Å². The van der Waals surface area contributed by atoms with Crippen LogP contribution in [-0.2, 0) is 0 Å². The maximum Gasteiger partial charge on any atom is 0.249 e. The average molecular weight is 196 g/mol. The molecule has 2 aromatic rings. The lowest BCUT2D eigenvalue weighted by Gasteiger charge is -2.03. The van der Waals surface area contributed by atoms with E-state index in [0.29, 0.717) is 5.39 Å². The highest BCUT2D eigenvalue weighted by atomic mass is 16.1. The second-order valence-electron chi connectivity index (χ2n) is 2.70. The van der Waals surface area contributed by atoms with E-state index >= 15 is 0 Å². The standard InChI is InChI=1S/C10H11N3O/c1-6(2)9-11-5-7-3-4-8(14)12-10(7)13-9/h3-6H,1-2H3,(H,11,12,13,14)/i1D3,2D3,6D. The molecule has 0 aliphatic carbocycles. The SMILES string of the molecule is [2H]C([2H])([2H])C([2H])(c1ncc2ccc(=O)[nH]c2n1)C([2H])([2H])[2H]. The number of rotatable bonds is 1. The highest BCUT2D eigenvalue weighted by molar-refractivity contribution is 5.72. The van der Waals surface area contributed by atoms with Gasteiger partial charge >= 0.3 is 0 Å². The Morgan fingerprint density at radius 1 is 1.57 bits per heavy atom. The number of fused-ring (bicyclic) bond motifs is 1. The minimum Gasteiger partial charge on any atom is -0.306 e. The third-order valence-electron chi connectivity index (χ3n) is 1.70. The van der Waals surface area contributed by atoms with E-state index in [-0.39, 0.29) is 5.65 Å². The molecule has 1 N–H and O–H groups in total. The van der Waals surface area contributed by atoms with Gasteiger partial charge < -0.3 is 4.98 Å². The third-order valence-corrected chi connectivity index (χ3v) is 1.70. The summed E-state index contributed by atoms with van der Waals surface area (Å²) in [5, 5.41) is 0.400. The van der Waals surface area contributed by atoms with Gasteiger partial charge in [-0.3, -0.25) is 4.79 Å². The van der Waals surface area contributed by atoms with E-state index < -0.39 is 31.0 Å². The Balaban J connectivity index is 2.75. The average Bonchev–Trinajstić information content (AvgIpc) is 2.34. The van der Waals surface area contributed by atoms with Gasteiger partial charge in [-0.2, -0.15) is 0 Å². The summed E-state index contributed by atoms with van der Waals surface area (Å²) in [7, 11) is 0. The van der Waals surface area contributed by atoms with Crippen molar-refractivity contribution >= 4 is 11.0 Å². The molecule has 4 heteroatoms. The topological polar surface area (TPSA) is 58.6 Å². The molecule has 0 saturated heterocycles. The second kappa shape index (κ2) is 3.21. The van der Waals surface area contributed by atoms with Crippen molar-refractivity contribution in [1.29, 1.82) is 0 Å². The first-order valence-electron chi connectivity index (χ1n) is 7.33. The van der Waals surface area contributed by atoms with Gasteiger partial charge in [0.05, 0.1) is 0 Å². The van der Waals surface area contributed by atoms with Gasteiger partial charge in [0.25, 0.3) is 0 Å². The zero-order valence-electron chi connectivity index (χ0n) is 14.0. The number of pyridine rings is 1. The van der Waals surface area contributed by atoms with E-state index in [9.17, 15) is 4.79 Å². The molecule has 14 heavy (non-hydrogen) atoms. The number of hydrogen-bond acceptors (Lipinski definition) is 3. The van der Waals surface area contributed by atoms with Gasteiger partial charge in [-0.25, -0.2) is 9.97 Å². The van der Waals surface area contributed by atoms with E-state index in [4.69, 9.17) is 9.60 Å².